The molecule has 6 nitrogen and oxygen atoms in total. The van der Waals surface area contributed by atoms with E-state index in [0.717, 1.165) is 19.6 Å². The molecule has 0 unspecified atom stereocenters. The first-order chi connectivity index (χ1) is 7.75. The van der Waals surface area contributed by atoms with Crippen molar-refractivity contribution in [3.05, 3.63) is 12.3 Å². The van der Waals surface area contributed by atoms with Crippen molar-refractivity contribution in [3.8, 4) is 0 Å². The lowest BCUT2D eigenvalue weighted by molar-refractivity contribution is -0.132. The quantitative estimate of drug-likeness (QED) is 0.749. The van der Waals surface area contributed by atoms with Crippen molar-refractivity contribution in [2.75, 3.05) is 32.0 Å². The molecule has 16 heavy (non-hydrogen) atoms. The van der Waals surface area contributed by atoms with Crippen molar-refractivity contribution in [2.24, 2.45) is 0 Å². The molecular weight excluding hydrogens is 208 g/mol. The number of rotatable bonds is 2. The normalized spacial score (nSPS) is 17.1. The van der Waals surface area contributed by atoms with Gasteiger partial charge >= 0.3 is 0 Å². The van der Waals surface area contributed by atoms with E-state index in [0.29, 0.717) is 19.0 Å². The largest absolute Gasteiger partial charge is 0.382 e. The molecule has 1 fully saturated rings. The predicted octanol–water partition coefficient (Wildman–Crippen LogP) is -0.286. The molecule has 0 radical (unpaired) electrons. The number of nitrogens with zero attached hydrogens (tertiary/aromatic N) is 3. The SMILES string of the molecule is Nc1ccn(CC(=O)N2CCCOCC2)n1. The van der Waals surface area contributed by atoms with E-state index in [9.17, 15) is 4.79 Å². The first-order valence-electron chi connectivity index (χ1n) is 5.40. The van der Waals surface area contributed by atoms with Gasteiger partial charge in [0.25, 0.3) is 0 Å². The second-order valence-corrected chi connectivity index (χ2v) is 3.78. The highest BCUT2D eigenvalue weighted by atomic mass is 16.5. The molecule has 0 aromatic carbocycles. The summed E-state index contributed by atoms with van der Waals surface area (Å²) in [5, 5.41) is 3.98. The average Bonchev–Trinajstić information content (AvgIpc) is 2.56. The summed E-state index contributed by atoms with van der Waals surface area (Å²) in [5.41, 5.74) is 5.48. The van der Waals surface area contributed by atoms with Gasteiger partial charge in [0.1, 0.15) is 12.4 Å². The monoisotopic (exact) mass is 224 g/mol. The van der Waals surface area contributed by atoms with Gasteiger partial charge in [0.15, 0.2) is 0 Å². The van der Waals surface area contributed by atoms with Gasteiger partial charge in [0.2, 0.25) is 5.91 Å². The van der Waals surface area contributed by atoms with Crippen molar-refractivity contribution < 1.29 is 9.53 Å². The second-order valence-electron chi connectivity index (χ2n) is 3.78. The Morgan fingerprint density at radius 2 is 2.38 bits per heavy atom. The molecule has 2 rings (SSSR count). The van der Waals surface area contributed by atoms with Crippen LogP contribution in [0.5, 0.6) is 0 Å². The first-order valence-corrected chi connectivity index (χ1v) is 5.40. The third-order valence-corrected chi connectivity index (χ3v) is 2.53. The minimum absolute atomic E-state index is 0.0635. The molecule has 1 aliphatic heterocycles. The van der Waals surface area contributed by atoms with E-state index in [1.807, 2.05) is 4.90 Å². The van der Waals surface area contributed by atoms with Gasteiger partial charge in [0.05, 0.1) is 6.61 Å². The predicted molar refractivity (Wildman–Crippen MR) is 58.7 cm³/mol. The number of carbonyl (C=O) groups excluding carboxylic acids is 1. The van der Waals surface area contributed by atoms with Crippen molar-refractivity contribution in [1.29, 1.82) is 0 Å². The second kappa shape index (κ2) is 4.98. The topological polar surface area (TPSA) is 73.4 Å². The van der Waals surface area contributed by atoms with Crippen LogP contribution >= 0.6 is 0 Å². The molecule has 1 aliphatic rings. The molecular formula is C10H16N4O2. The van der Waals surface area contributed by atoms with Crippen LogP contribution in [-0.4, -0.2) is 46.9 Å². The Morgan fingerprint density at radius 1 is 1.50 bits per heavy atom. The molecule has 1 aromatic rings. The molecule has 0 aliphatic carbocycles. The lowest BCUT2D eigenvalue weighted by Gasteiger charge is -2.19. The van der Waals surface area contributed by atoms with Crippen LogP contribution in [0.15, 0.2) is 12.3 Å². The van der Waals surface area contributed by atoms with Gasteiger partial charge in [-0.05, 0) is 12.5 Å². The average molecular weight is 224 g/mol. The van der Waals surface area contributed by atoms with Gasteiger partial charge in [0, 0.05) is 25.9 Å². The van der Waals surface area contributed by atoms with Gasteiger partial charge in [-0.15, -0.1) is 0 Å². The summed E-state index contributed by atoms with van der Waals surface area (Å²) in [5.74, 6) is 0.501. The maximum Gasteiger partial charge on any atom is 0.244 e. The molecule has 0 atom stereocenters. The Kier molecular flexibility index (Phi) is 3.40. The fraction of sp³-hybridized carbons (Fsp3) is 0.600. The Bertz CT molecular complexity index is 355. The molecule has 2 N–H and O–H groups in total. The summed E-state index contributed by atoms with van der Waals surface area (Å²) < 4.78 is 6.85. The molecule has 2 heterocycles. The van der Waals surface area contributed by atoms with E-state index in [-0.39, 0.29) is 12.5 Å². The number of amides is 1. The zero-order valence-electron chi connectivity index (χ0n) is 9.13. The number of ether oxygens (including phenoxy) is 1. The van der Waals surface area contributed by atoms with E-state index in [2.05, 4.69) is 5.10 Å². The van der Waals surface area contributed by atoms with Crippen LogP contribution < -0.4 is 5.73 Å². The van der Waals surface area contributed by atoms with E-state index < -0.39 is 0 Å². The Labute approximate surface area is 94.0 Å². The minimum atomic E-state index is 0.0635. The standard InChI is InChI=1S/C10H16N4O2/c11-9-2-4-14(12-9)8-10(15)13-3-1-6-16-7-5-13/h2,4H,1,3,5-8H2,(H2,11,12). The Hall–Kier alpha value is -1.56. The lowest BCUT2D eigenvalue weighted by Crippen LogP contribution is -2.35. The van der Waals surface area contributed by atoms with E-state index in [1.165, 1.54) is 0 Å². The van der Waals surface area contributed by atoms with Crippen molar-refractivity contribution in [1.82, 2.24) is 14.7 Å². The van der Waals surface area contributed by atoms with Gasteiger partial charge in [-0.25, -0.2) is 0 Å². The van der Waals surface area contributed by atoms with Gasteiger partial charge in [-0.3, -0.25) is 9.48 Å². The highest BCUT2D eigenvalue weighted by Crippen LogP contribution is 2.02. The number of hydrogen-bond acceptors (Lipinski definition) is 4. The zero-order valence-corrected chi connectivity index (χ0v) is 9.13. The number of carbonyl (C=O) groups is 1. The molecule has 6 heteroatoms. The number of aromatic nitrogens is 2. The van der Waals surface area contributed by atoms with Gasteiger partial charge in [-0.2, -0.15) is 5.10 Å². The van der Waals surface area contributed by atoms with Crippen LogP contribution in [0.2, 0.25) is 0 Å². The van der Waals surface area contributed by atoms with Crippen molar-refractivity contribution >= 4 is 11.7 Å². The number of nitrogens with two attached hydrogens (primary N) is 1. The molecule has 1 aromatic heterocycles. The Balaban J connectivity index is 1.91. The summed E-state index contributed by atoms with van der Waals surface area (Å²) >= 11 is 0. The number of nitrogen functional groups attached to an aromatic ring is 1. The van der Waals surface area contributed by atoms with Crippen LogP contribution in [0.25, 0.3) is 0 Å². The van der Waals surface area contributed by atoms with Gasteiger partial charge < -0.3 is 15.4 Å². The molecule has 0 spiro atoms. The van der Waals surface area contributed by atoms with Gasteiger partial charge in [-0.1, -0.05) is 0 Å². The van der Waals surface area contributed by atoms with Crippen LogP contribution in [0.3, 0.4) is 0 Å². The molecule has 1 saturated heterocycles. The summed E-state index contributed by atoms with van der Waals surface area (Å²) in [6.45, 7) is 3.02. The minimum Gasteiger partial charge on any atom is -0.382 e. The third-order valence-electron chi connectivity index (χ3n) is 2.53. The summed E-state index contributed by atoms with van der Waals surface area (Å²) in [6.07, 6.45) is 2.61. The maximum atomic E-state index is 11.9. The molecule has 0 bridgehead atoms. The molecule has 88 valence electrons. The van der Waals surface area contributed by atoms with Crippen molar-refractivity contribution in [3.63, 3.8) is 0 Å². The third kappa shape index (κ3) is 2.73. The fourth-order valence-corrected chi connectivity index (χ4v) is 1.70. The smallest absolute Gasteiger partial charge is 0.244 e. The fourth-order valence-electron chi connectivity index (χ4n) is 1.70. The van der Waals surface area contributed by atoms with E-state index in [1.54, 1.807) is 16.9 Å². The van der Waals surface area contributed by atoms with Crippen LogP contribution in [0.4, 0.5) is 5.82 Å². The van der Waals surface area contributed by atoms with Crippen molar-refractivity contribution in [2.45, 2.75) is 13.0 Å². The summed E-state index contributed by atoms with van der Waals surface area (Å²) in [7, 11) is 0. The van der Waals surface area contributed by atoms with Crippen LogP contribution in [0.1, 0.15) is 6.42 Å². The first kappa shape index (κ1) is 10.9. The number of anilines is 1. The lowest BCUT2D eigenvalue weighted by atomic mass is 10.4. The summed E-state index contributed by atoms with van der Waals surface area (Å²) in [4.78, 5) is 13.7. The van der Waals surface area contributed by atoms with Crippen LogP contribution in [0, 0.1) is 0 Å². The zero-order chi connectivity index (χ0) is 11.4. The van der Waals surface area contributed by atoms with E-state index >= 15 is 0 Å². The highest BCUT2D eigenvalue weighted by molar-refractivity contribution is 5.75. The van der Waals surface area contributed by atoms with E-state index in [4.69, 9.17) is 10.5 Å². The van der Waals surface area contributed by atoms with Crippen LogP contribution in [-0.2, 0) is 16.1 Å². The highest BCUT2D eigenvalue weighted by Gasteiger charge is 2.16. The summed E-state index contributed by atoms with van der Waals surface area (Å²) in [6, 6.07) is 1.68. The molecule has 1 amide bonds. The molecule has 0 saturated carbocycles. The Morgan fingerprint density at radius 3 is 3.12 bits per heavy atom. The number of hydrogen-bond donors (Lipinski definition) is 1. The maximum absolute atomic E-state index is 11.9.